The van der Waals surface area contributed by atoms with E-state index >= 15 is 0 Å². The molecule has 4 nitrogen and oxygen atoms in total. The molecule has 0 aliphatic rings. The second-order valence-electron chi connectivity index (χ2n) is 3.29. The molecule has 0 radical (unpaired) electrons. The number of anilines is 1. The number of aromatic amines is 1. The quantitative estimate of drug-likeness (QED) is 0.906. The Kier molecular flexibility index (Phi) is 3.36. The lowest BCUT2D eigenvalue weighted by Gasteiger charge is -2.02. The van der Waals surface area contributed by atoms with Crippen LogP contribution in [0.2, 0.25) is 0 Å². The van der Waals surface area contributed by atoms with Crippen LogP contribution in [-0.4, -0.2) is 15.9 Å². The van der Waals surface area contributed by atoms with E-state index in [0.29, 0.717) is 12.4 Å². The summed E-state index contributed by atoms with van der Waals surface area (Å²) in [5, 5.41) is 2.67. The maximum Gasteiger partial charge on any atom is 0.231 e. The van der Waals surface area contributed by atoms with Crippen LogP contribution in [0.15, 0.2) is 41.1 Å². The van der Waals surface area contributed by atoms with Crippen LogP contribution in [0.1, 0.15) is 5.56 Å². The van der Waals surface area contributed by atoms with Crippen molar-refractivity contribution >= 4 is 27.8 Å². The van der Waals surface area contributed by atoms with Gasteiger partial charge in [-0.25, -0.2) is 4.98 Å². The zero-order valence-corrected chi connectivity index (χ0v) is 9.99. The van der Waals surface area contributed by atoms with Gasteiger partial charge in [0.05, 0.1) is 6.42 Å². The maximum absolute atomic E-state index is 11.6. The third kappa shape index (κ3) is 2.93. The Morgan fingerprint density at radius 1 is 1.38 bits per heavy atom. The number of rotatable bonds is 3. The first-order chi connectivity index (χ1) is 7.74. The van der Waals surface area contributed by atoms with Gasteiger partial charge >= 0.3 is 0 Å². The Morgan fingerprint density at radius 3 is 2.75 bits per heavy atom. The van der Waals surface area contributed by atoms with Crippen molar-refractivity contribution in [1.82, 2.24) is 9.97 Å². The smallest absolute Gasteiger partial charge is 0.231 e. The van der Waals surface area contributed by atoms with E-state index in [9.17, 15) is 4.79 Å². The number of benzene rings is 1. The van der Waals surface area contributed by atoms with Gasteiger partial charge in [0.1, 0.15) is 0 Å². The third-order valence-corrected chi connectivity index (χ3v) is 2.56. The molecule has 2 rings (SSSR count). The van der Waals surface area contributed by atoms with Gasteiger partial charge < -0.3 is 4.98 Å². The molecular weight excluding hydrogens is 270 g/mol. The van der Waals surface area contributed by atoms with Crippen molar-refractivity contribution in [3.8, 4) is 0 Å². The number of imidazole rings is 1. The lowest BCUT2D eigenvalue weighted by atomic mass is 10.1. The van der Waals surface area contributed by atoms with Gasteiger partial charge in [-0.3, -0.25) is 10.1 Å². The first-order valence-electron chi connectivity index (χ1n) is 4.78. The SMILES string of the molecule is O=C(Cc1ccc(Br)cc1)Nc1ncc[nH]1. The molecule has 0 aliphatic heterocycles. The van der Waals surface area contributed by atoms with Crippen LogP contribution < -0.4 is 5.32 Å². The van der Waals surface area contributed by atoms with E-state index in [-0.39, 0.29) is 5.91 Å². The van der Waals surface area contributed by atoms with E-state index in [1.807, 2.05) is 24.3 Å². The minimum atomic E-state index is -0.0859. The zero-order valence-electron chi connectivity index (χ0n) is 8.40. The maximum atomic E-state index is 11.6. The Bertz CT molecular complexity index is 464. The number of halogens is 1. The van der Waals surface area contributed by atoms with Gasteiger partial charge in [-0.1, -0.05) is 28.1 Å². The molecule has 5 heteroatoms. The average Bonchev–Trinajstić information content (AvgIpc) is 2.74. The molecule has 2 aromatic rings. The summed E-state index contributed by atoms with van der Waals surface area (Å²) in [6.07, 6.45) is 3.60. The van der Waals surface area contributed by atoms with E-state index in [1.54, 1.807) is 12.4 Å². The molecule has 0 saturated heterocycles. The molecule has 1 aromatic heterocycles. The number of nitrogens with zero attached hydrogens (tertiary/aromatic N) is 1. The Morgan fingerprint density at radius 2 is 2.12 bits per heavy atom. The highest BCUT2D eigenvalue weighted by Crippen LogP contribution is 2.11. The second kappa shape index (κ2) is 4.94. The summed E-state index contributed by atoms with van der Waals surface area (Å²) in [5.41, 5.74) is 0.965. The topological polar surface area (TPSA) is 57.8 Å². The molecule has 16 heavy (non-hydrogen) atoms. The Balaban J connectivity index is 1.95. The number of H-pyrrole nitrogens is 1. The fourth-order valence-corrected chi connectivity index (χ4v) is 1.56. The van der Waals surface area contributed by atoms with Crippen LogP contribution >= 0.6 is 15.9 Å². The van der Waals surface area contributed by atoms with Crippen LogP contribution in [0.3, 0.4) is 0 Å². The van der Waals surface area contributed by atoms with Crippen molar-refractivity contribution in [1.29, 1.82) is 0 Å². The average molecular weight is 280 g/mol. The standard InChI is InChI=1S/C11H10BrN3O/c12-9-3-1-8(2-4-9)7-10(16)15-11-13-5-6-14-11/h1-6H,7H2,(H2,13,14,15,16). The summed E-state index contributed by atoms with van der Waals surface area (Å²) in [6, 6.07) is 7.64. The van der Waals surface area contributed by atoms with E-state index in [1.165, 1.54) is 0 Å². The second-order valence-corrected chi connectivity index (χ2v) is 4.20. The van der Waals surface area contributed by atoms with Crippen molar-refractivity contribution in [2.45, 2.75) is 6.42 Å². The molecule has 2 N–H and O–H groups in total. The van der Waals surface area contributed by atoms with E-state index < -0.39 is 0 Å². The first-order valence-corrected chi connectivity index (χ1v) is 5.57. The van der Waals surface area contributed by atoms with Gasteiger partial charge in [0.15, 0.2) is 0 Å². The van der Waals surface area contributed by atoms with Crippen molar-refractivity contribution in [2.24, 2.45) is 0 Å². The Labute approximate surface area is 101 Å². The molecule has 0 aliphatic carbocycles. The predicted molar refractivity (Wildman–Crippen MR) is 65.1 cm³/mol. The van der Waals surface area contributed by atoms with Crippen molar-refractivity contribution < 1.29 is 4.79 Å². The van der Waals surface area contributed by atoms with Crippen LogP contribution in [0, 0.1) is 0 Å². The number of carbonyl (C=O) groups excluding carboxylic acids is 1. The minimum absolute atomic E-state index is 0.0859. The van der Waals surface area contributed by atoms with Crippen LogP contribution in [0.4, 0.5) is 5.95 Å². The molecule has 82 valence electrons. The van der Waals surface area contributed by atoms with Crippen molar-refractivity contribution in [3.63, 3.8) is 0 Å². The fourth-order valence-electron chi connectivity index (χ4n) is 1.30. The number of carbonyl (C=O) groups is 1. The first kappa shape index (κ1) is 10.9. The number of hydrogen-bond acceptors (Lipinski definition) is 2. The summed E-state index contributed by atoms with van der Waals surface area (Å²) < 4.78 is 1.00. The highest BCUT2D eigenvalue weighted by atomic mass is 79.9. The molecule has 0 fully saturated rings. The Hall–Kier alpha value is -1.62. The van der Waals surface area contributed by atoms with Crippen LogP contribution in [0.25, 0.3) is 0 Å². The fraction of sp³-hybridized carbons (Fsp3) is 0.0909. The highest BCUT2D eigenvalue weighted by molar-refractivity contribution is 9.10. The summed E-state index contributed by atoms with van der Waals surface area (Å²) >= 11 is 3.34. The normalized spacial score (nSPS) is 10.1. The summed E-state index contributed by atoms with van der Waals surface area (Å²) in [5.74, 6) is 0.388. The van der Waals surface area contributed by atoms with Crippen LogP contribution in [-0.2, 0) is 11.2 Å². The van der Waals surface area contributed by atoms with E-state index in [0.717, 1.165) is 10.0 Å². The summed E-state index contributed by atoms with van der Waals surface area (Å²) in [7, 11) is 0. The van der Waals surface area contributed by atoms with E-state index in [2.05, 4.69) is 31.2 Å². The molecule has 1 aromatic carbocycles. The monoisotopic (exact) mass is 279 g/mol. The molecule has 0 unspecified atom stereocenters. The van der Waals surface area contributed by atoms with Crippen molar-refractivity contribution in [3.05, 3.63) is 46.7 Å². The molecule has 0 atom stereocenters. The van der Waals surface area contributed by atoms with E-state index in [4.69, 9.17) is 0 Å². The number of nitrogens with one attached hydrogen (secondary N) is 2. The van der Waals surface area contributed by atoms with Crippen molar-refractivity contribution in [2.75, 3.05) is 5.32 Å². The van der Waals surface area contributed by atoms with Gasteiger partial charge in [-0.2, -0.15) is 0 Å². The highest BCUT2D eigenvalue weighted by Gasteiger charge is 2.04. The van der Waals surface area contributed by atoms with Gasteiger partial charge in [0.2, 0.25) is 11.9 Å². The number of hydrogen-bond donors (Lipinski definition) is 2. The zero-order chi connectivity index (χ0) is 11.4. The van der Waals surface area contributed by atoms with Gasteiger partial charge in [-0.05, 0) is 17.7 Å². The van der Waals surface area contributed by atoms with Gasteiger partial charge in [-0.15, -0.1) is 0 Å². The number of amides is 1. The molecule has 0 spiro atoms. The third-order valence-electron chi connectivity index (χ3n) is 2.03. The van der Waals surface area contributed by atoms with Gasteiger partial charge in [0, 0.05) is 16.9 Å². The number of aromatic nitrogens is 2. The lowest BCUT2D eigenvalue weighted by Crippen LogP contribution is -2.15. The van der Waals surface area contributed by atoms with Crippen LogP contribution in [0.5, 0.6) is 0 Å². The largest absolute Gasteiger partial charge is 0.331 e. The molecule has 0 saturated carbocycles. The summed E-state index contributed by atoms with van der Waals surface area (Å²) in [6.45, 7) is 0. The predicted octanol–water partition coefficient (Wildman–Crippen LogP) is 2.35. The summed E-state index contributed by atoms with van der Waals surface area (Å²) in [4.78, 5) is 18.3. The molecule has 1 heterocycles. The molecule has 0 bridgehead atoms. The minimum Gasteiger partial charge on any atom is -0.331 e. The molecular formula is C11H10BrN3O. The molecule has 1 amide bonds. The van der Waals surface area contributed by atoms with Gasteiger partial charge in [0.25, 0.3) is 0 Å². The lowest BCUT2D eigenvalue weighted by molar-refractivity contribution is -0.115.